The monoisotopic (exact) mass is 341 g/mol. The van der Waals surface area contributed by atoms with Crippen LogP contribution < -0.4 is 0 Å². The van der Waals surface area contributed by atoms with Gasteiger partial charge in [-0.2, -0.15) is 0 Å². The molecule has 1 aliphatic heterocycles. The van der Waals surface area contributed by atoms with Gasteiger partial charge in [-0.1, -0.05) is 36.4 Å². The van der Waals surface area contributed by atoms with Gasteiger partial charge in [0.05, 0.1) is 7.11 Å². The van der Waals surface area contributed by atoms with Crippen LogP contribution in [-0.4, -0.2) is 41.7 Å². The number of hydrogen-bond donors (Lipinski definition) is 0. The molecule has 1 heterocycles. The zero-order valence-corrected chi connectivity index (χ0v) is 14.2. The second-order valence-corrected chi connectivity index (χ2v) is 7.02. The number of nitrogens with zero attached hydrogens (tertiary/aromatic N) is 1. The number of likely N-dealkylation sites (tertiary alicyclic amines) is 1. The molecule has 124 valence electrons. The number of amides is 1. The lowest BCUT2D eigenvalue weighted by molar-refractivity contribution is -0.145. The molecule has 5 heteroatoms. The van der Waals surface area contributed by atoms with Gasteiger partial charge >= 0.3 is 5.97 Å². The molecule has 1 amide bonds. The first-order valence-corrected chi connectivity index (χ1v) is 8.72. The lowest BCUT2D eigenvalue weighted by atomic mass is 10.1. The van der Waals surface area contributed by atoms with E-state index in [-0.39, 0.29) is 17.1 Å². The van der Waals surface area contributed by atoms with Crippen LogP contribution in [0.3, 0.4) is 0 Å². The van der Waals surface area contributed by atoms with Crippen LogP contribution in [0, 0.1) is 0 Å². The van der Waals surface area contributed by atoms with Gasteiger partial charge in [-0.25, -0.2) is 4.79 Å². The quantitative estimate of drug-likeness (QED) is 0.801. The van der Waals surface area contributed by atoms with Crippen LogP contribution in [0.4, 0.5) is 0 Å². The molecule has 2 aromatic carbocycles. The summed E-state index contributed by atoms with van der Waals surface area (Å²) in [5, 5.41) is 0.171. The van der Waals surface area contributed by atoms with E-state index >= 15 is 0 Å². The first kappa shape index (κ1) is 16.6. The topological polar surface area (TPSA) is 46.6 Å². The van der Waals surface area contributed by atoms with Crippen molar-refractivity contribution >= 4 is 23.6 Å². The van der Waals surface area contributed by atoms with Gasteiger partial charge in [0.15, 0.2) is 0 Å². The molecule has 1 saturated heterocycles. The molecule has 2 aromatic rings. The second kappa shape index (κ2) is 7.53. The summed E-state index contributed by atoms with van der Waals surface area (Å²) in [5.74, 6) is -0.474. The maximum Gasteiger partial charge on any atom is 0.328 e. The molecule has 0 spiro atoms. The van der Waals surface area contributed by atoms with Crippen molar-refractivity contribution in [2.75, 3.05) is 13.7 Å². The third-order valence-electron chi connectivity index (χ3n) is 4.06. The summed E-state index contributed by atoms with van der Waals surface area (Å²) < 4.78 is 4.91. The van der Waals surface area contributed by atoms with Gasteiger partial charge in [0.25, 0.3) is 5.91 Å². The maximum atomic E-state index is 12.8. The van der Waals surface area contributed by atoms with Crippen molar-refractivity contribution in [3.8, 4) is 0 Å². The van der Waals surface area contributed by atoms with Gasteiger partial charge in [-0.15, -0.1) is 11.8 Å². The zero-order chi connectivity index (χ0) is 16.9. The smallest absolute Gasteiger partial charge is 0.328 e. The Hall–Kier alpha value is -2.27. The number of carbonyl (C=O) groups is 2. The number of rotatable bonds is 4. The number of benzene rings is 2. The highest BCUT2D eigenvalue weighted by Gasteiger charge is 2.40. The van der Waals surface area contributed by atoms with Crippen molar-refractivity contribution in [2.45, 2.75) is 22.6 Å². The lowest BCUT2D eigenvalue weighted by Gasteiger charge is -2.22. The largest absolute Gasteiger partial charge is 0.467 e. The Labute approximate surface area is 145 Å². The number of methoxy groups -OCH3 is 1. The number of ether oxygens (including phenoxy) is 1. The minimum absolute atomic E-state index is 0.123. The predicted octanol–water partition coefficient (Wildman–Crippen LogP) is 3.24. The molecule has 0 radical (unpaired) electrons. The van der Waals surface area contributed by atoms with E-state index in [9.17, 15) is 9.59 Å². The number of thioether (sulfide) groups is 1. The molecule has 0 unspecified atom stereocenters. The van der Waals surface area contributed by atoms with Crippen molar-refractivity contribution in [1.82, 2.24) is 4.90 Å². The highest BCUT2D eigenvalue weighted by atomic mass is 32.2. The molecule has 4 nitrogen and oxygen atoms in total. The van der Waals surface area contributed by atoms with Gasteiger partial charge < -0.3 is 9.64 Å². The van der Waals surface area contributed by atoms with Crippen LogP contribution in [0.2, 0.25) is 0 Å². The Balaban J connectivity index is 1.78. The van der Waals surface area contributed by atoms with E-state index in [1.54, 1.807) is 28.8 Å². The third kappa shape index (κ3) is 3.62. The first-order valence-electron chi connectivity index (χ1n) is 7.84. The third-order valence-corrected chi connectivity index (χ3v) is 5.28. The van der Waals surface area contributed by atoms with E-state index < -0.39 is 6.04 Å². The fraction of sp³-hybridized carbons (Fsp3) is 0.263. The van der Waals surface area contributed by atoms with Crippen LogP contribution in [0.25, 0.3) is 0 Å². The highest BCUT2D eigenvalue weighted by Crippen LogP contribution is 2.34. The molecule has 0 N–H and O–H groups in total. The molecule has 2 atom stereocenters. The normalized spacial score (nSPS) is 20.0. The van der Waals surface area contributed by atoms with Crippen molar-refractivity contribution in [3.05, 3.63) is 66.2 Å². The molecule has 0 aliphatic carbocycles. The molecule has 1 fully saturated rings. The molecule has 0 bridgehead atoms. The maximum absolute atomic E-state index is 12.8. The van der Waals surface area contributed by atoms with E-state index in [2.05, 4.69) is 0 Å². The molecular weight excluding hydrogens is 322 g/mol. The van der Waals surface area contributed by atoms with Gasteiger partial charge in [0.2, 0.25) is 0 Å². The van der Waals surface area contributed by atoms with Crippen molar-refractivity contribution in [3.63, 3.8) is 0 Å². The van der Waals surface area contributed by atoms with Gasteiger partial charge in [-0.05, 0) is 30.7 Å². The molecule has 0 saturated carbocycles. The Morgan fingerprint density at radius 2 is 1.67 bits per heavy atom. The summed E-state index contributed by atoms with van der Waals surface area (Å²) in [6.07, 6.45) is 0.602. The van der Waals surface area contributed by atoms with Crippen LogP contribution in [0.15, 0.2) is 65.6 Å². The summed E-state index contributed by atoms with van der Waals surface area (Å²) in [6.45, 7) is 0.535. The molecule has 24 heavy (non-hydrogen) atoms. The summed E-state index contributed by atoms with van der Waals surface area (Å²) in [5.41, 5.74) is 0.594. The lowest BCUT2D eigenvalue weighted by Crippen LogP contribution is -2.41. The number of carbonyl (C=O) groups excluding carboxylic acids is 2. The van der Waals surface area contributed by atoms with E-state index in [1.165, 1.54) is 7.11 Å². The minimum Gasteiger partial charge on any atom is -0.467 e. The predicted molar refractivity (Wildman–Crippen MR) is 94.0 cm³/mol. The Morgan fingerprint density at radius 1 is 1.04 bits per heavy atom. The van der Waals surface area contributed by atoms with E-state index in [0.29, 0.717) is 18.5 Å². The van der Waals surface area contributed by atoms with Gasteiger partial charge in [0.1, 0.15) is 6.04 Å². The molecule has 1 aliphatic rings. The Kier molecular flexibility index (Phi) is 5.20. The first-order chi connectivity index (χ1) is 11.7. The second-order valence-electron chi connectivity index (χ2n) is 5.65. The average Bonchev–Trinajstić information content (AvgIpc) is 3.05. The Bertz CT molecular complexity index is 705. The van der Waals surface area contributed by atoms with Crippen LogP contribution in [0.1, 0.15) is 16.8 Å². The van der Waals surface area contributed by atoms with Crippen molar-refractivity contribution < 1.29 is 14.3 Å². The fourth-order valence-electron chi connectivity index (χ4n) is 2.90. The summed E-state index contributed by atoms with van der Waals surface area (Å²) in [6, 6.07) is 18.6. The average molecular weight is 341 g/mol. The number of esters is 1. The highest BCUT2D eigenvalue weighted by molar-refractivity contribution is 8.00. The van der Waals surface area contributed by atoms with Gasteiger partial charge in [-0.3, -0.25) is 4.79 Å². The van der Waals surface area contributed by atoms with E-state index in [4.69, 9.17) is 4.74 Å². The van der Waals surface area contributed by atoms with Crippen LogP contribution in [0.5, 0.6) is 0 Å². The zero-order valence-electron chi connectivity index (χ0n) is 13.4. The van der Waals surface area contributed by atoms with Crippen LogP contribution in [-0.2, 0) is 9.53 Å². The molecule has 0 aromatic heterocycles. The summed E-state index contributed by atoms with van der Waals surface area (Å²) in [7, 11) is 1.37. The standard InChI is InChI=1S/C19H19NO3S/c1-23-19(22)17-12-16(24-15-10-6-3-7-11-15)13-20(17)18(21)14-8-4-2-5-9-14/h2-11,16-17H,12-13H2,1H3/t16-,17-/m0/s1. The van der Waals surface area contributed by atoms with Gasteiger partial charge in [0, 0.05) is 22.3 Å². The van der Waals surface area contributed by atoms with Crippen molar-refractivity contribution in [2.24, 2.45) is 0 Å². The molecule has 3 rings (SSSR count). The van der Waals surface area contributed by atoms with Crippen LogP contribution >= 0.6 is 11.8 Å². The Morgan fingerprint density at radius 3 is 2.29 bits per heavy atom. The molecular formula is C19H19NO3S. The minimum atomic E-state index is -0.524. The summed E-state index contributed by atoms with van der Waals surface area (Å²) in [4.78, 5) is 27.7. The van der Waals surface area contributed by atoms with Crippen molar-refractivity contribution in [1.29, 1.82) is 0 Å². The number of hydrogen-bond acceptors (Lipinski definition) is 4. The summed E-state index contributed by atoms with van der Waals surface area (Å²) >= 11 is 1.70. The van der Waals surface area contributed by atoms with E-state index in [1.807, 2.05) is 48.5 Å². The fourth-order valence-corrected chi connectivity index (χ4v) is 4.12. The van der Waals surface area contributed by atoms with E-state index in [0.717, 1.165) is 4.90 Å². The SMILES string of the molecule is COC(=O)[C@@H]1C[C@H](Sc2ccccc2)CN1C(=O)c1ccccc1.